The standard InChI is InChI=1S/C13H16FN3O4/c1-7-2-3-8(14)10(6-7)17-13(21)16-9(12(19)20)4-5-11(15)18/h2-3,6,9H,4-5H2,1H3,(H2,15,18)(H,19,20)(H2,16,17,21)/t9-/m1/s1. The molecule has 5 N–H and O–H groups in total. The molecule has 7 nitrogen and oxygen atoms in total. The highest BCUT2D eigenvalue weighted by Gasteiger charge is 2.21. The van der Waals surface area contributed by atoms with Crippen LogP contribution in [0.2, 0.25) is 0 Å². The van der Waals surface area contributed by atoms with Crippen LogP contribution in [-0.4, -0.2) is 29.1 Å². The number of amides is 3. The zero-order valence-corrected chi connectivity index (χ0v) is 11.4. The third-order valence-electron chi connectivity index (χ3n) is 2.65. The summed E-state index contributed by atoms with van der Waals surface area (Å²) >= 11 is 0. The fraction of sp³-hybridized carbons (Fsp3) is 0.308. The van der Waals surface area contributed by atoms with Crippen molar-refractivity contribution in [1.82, 2.24) is 5.32 Å². The molecule has 0 bridgehead atoms. The largest absolute Gasteiger partial charge is 0.480 e. The minimum Gasteiger partial charge on any atom is -0.480 e. The number of hydrogen-bond acceptors (Lipinski definition) is 3. The minimum absolute atomic E-state index is 0.0634. The topological polar surface area (TPSA) is 122 Å². The molecule has 1 aromatic rings. The normalized spacial score (nSPS) is 11.5. The average molecular weight is 297 g/mol. The maximum absolute atomic E-state index is 13.5. The molecule has 0 radical (unpaired) electrons. The molecule has 0 unspecified atom stereocenters. The number of primary amides is 1. The van der Waals surface area contributed by atoms with Crippen LogP contribution in [-0.2, 0) is 9.59 Å². The van der Waals surface area contributed by atoms with E-state index in [0.29, 0.717) is 0 Å². The van der Waals surface area contributed by atoms with E-state index in [9.17, 15) is 18.8 Å². The molecule has 0 saturated heterocycles. The lowest BCUT2D eigenvalue weighted by atomic mass is 10.1. The van der Waals surface area contributed by atoms with Gasteiger partial charge in [-0.25, -0.2) is 14.0 Å². The summed E-state index contributed by atoms with van der Waals surface area (Å²) in [7, 11) is 0. The van der Waals surface area contributed by atoms with Gasteiger partial charge in [0.25, 0.3) is 0 Å². The summed E-state index contributed by atoms with van der Waals surface area (Å²) in [5, 5.41) is 13.3. The van der Waals surface area contributed by atoms with Gasteiger partial charge in [-0.2, -0.15) is 0 Å². The number of aryl methyl sites for hydroxylation is 1. The Hall–Kier alpha value is -2.64. The van der Waals surface area contributed by atoms with Gasteiger partial charge in [-0.3, -0.25) is 4.79 Å². The molecule has 1 aromatic carbocycles. The molecule has 0 spiro atoms. The molecule has 1 rings (SSSR count). The Labute approximate surface area is 120 Å². The summed E-state index contributed by atoms with van der Waals surface area (Å²) in [6.45, 7) is 1.72. The van der Waals surface area contributed by atoms with E-state index in [0.717, 1.165) is 5.56 Å². The van der Waals surface area contributed by atoms with Gasteiger partial charge < -0.3 is 21.5 Å². The van der Waals surface area contributed by atoms with Crippen LogP contribution in [0.15, 0.2) is 18.2 Å². The highest BCUT2D eigenvalue weighted by atomic mass is 19.1. The van der Waals surface area contributed by atoms with Crippen molar-refractivity contribution in [2.75, 3.05) is 5.32 Å². The summed E-state index contributed by atoms with van der Waals surface area (Å²) in [6, 6.07) is 1.97. The van der Waals surface area contributed by atoms with E-state index >= 15 is 0 Å². The van der Waals surface area contributed by atoms with Crippen LogP contribution in [0.5, 0.6) is 0 Å². The predicted molar refractivity (Wildman–Crippen MR) is 73.1 cm³/mol. The number of aliphatic carboxylic acids is 1. The Balaban J connectivity index is 2.67. The van der Waals surface area contributed by atoms with Crippen LogP contribution in [0.3, 0.4) is 0 Å². The fourth-order valence-electron chi connectivity index (χ4n) is 1.60. The summed E-state index contributed by atoms with van der Waals surface area (Å²) in [5.41, 5.74) is 5.59. The molecule has 1 atom stereocenters. The van der Waals surface area contributed by atoms with Crippen LogP contribution < -0.4 is 16.4 Å². The third kappa shape index (κ3) is 5.47. The lowest BCUT2D eigenvalue weighted by Gasteiger charge is -2.15. The average Bonchev–Trinajstić information content (AvgIpc) is 2.38. The molecule has 0 saturated carbocycles. The highest BCUT2D eigenvalue weighted by Crippen LogP contribution is 2.15. The van der Waals surface area contributed by atoms with E-state index in [2.05, 4.69) is 10.6 Å². The first-order chi connectivity index (χ1) is 9.79. The summed E-state index contributed by atoms with van der Waals surface area (Å²) < 4.78 is 13.5. The van der Waals surface area contributed by atoms with Gasteiger partial charge in [0.05, 0.1) is 5.69 Å². The molecule has 21 heavy (non-hydrogen) atoms. The van der Waals surface area contributed by atoms with Gasteiger partial charge in [-0.15, -0.1) is 0 Å². The lowest BCUT2D eigenvalue weighted by molar-refractivity contribution is -0.139. The smallest absolute Gasteiger partial charge is 0.326 e. The van der Waals surface area contributed by atoms with Crippen molar-refractivity contribution in [2.45, 2.75) is 25.8 Å². The second kappa shape index (κ2) is 7.22. The molecular formula is C13H16FN3O4. The van der Waals surface area contributed by atoms with E-state index in [4.69, 9.17) is 10.8 Å². The Bertz CT molecular complexity index is 562. The fourth-order valence-corrected chi connectivity index (χ4v) is 1.60. The molecule has 0 heterocycles. The number of hydrogen-bond donors (Lipinski definition) is 4. The number of benzene rings is 1. The van der Waals surface area contributed by atoms with E-state index < -0.39 is 29.8 Å². The van der Waals surface area contributed by atoms with Crippen molar-refractivity contribution in [3.63, 3.8) is 0 Å². The van der Waals surface area contributed by atoms with Crippen molar-refractivity contribution in [2.24, 2.45) is 5.73 Å². The molecule has 0 aliphatic carbocycles. The van der Waals surface area contributed by atoms with Gasteiger partial charge in [0, 0.05) is 6.42 Å². The number of carboxylic acids is 1. The zero-order valence-electron chi connectivity index (χ0n) is 11.4. The van der Waals surface area contributed by atoms with Crippen LogP contribution >= 0.6 is 0 Å². The SMILES string of the molecule is Cc1ccc(F)c(NC(=O)N[C@H](CCC(N)=O)C(=O)O)c1. The Morgan fingerprint density at radius 2 is 2.05 bits per heavy atom. The number of anilines is 1. The van der Waals surface area contributed by atoms with Gasteiger partial charge in [0.1, 0.15) is 11.9 Å². The Morgan fingerprint density at radius 1 is 1.38 bits per heavy atom. The number of carbonyl (C=O) groups is 3. The monoisotopic (exact) mass is 297 g/mol. The number of rotatable bonds is 6. The quantitative estimate of drug-likeness (QED) is 0.625. The zero-order chi connectivity index (χ0) is 16.0. The van der Waals surface area contributed by atoms with Crippen molar-refractivity contribution in [3.05, 3.63) is 29.6 Å². The predicted octanol–water partition coefficient (Wildman–Crippen LogP) is 0.974. The van der Waals surface area contributed by atoms with Crippen molar-refractivity contribution < 1.29 is 23.9 Å². The van der Waals surface area contributed by atoms with Crippen molar-refractivity contribution in [1.29, 1.82) is 0 Å². The number of halogens is 1. The van der Waals surface area contributed by atoms with Crippen LogP contribution in [0.1, 0.15) is 18.4 Å². The molecule has 0 aliphatic rings. The maximum atomic E-state index is 13.5. The summed E-state index contributed by atoms with van der Waals surface area (Å²) in [5.74, 6) is -2.62. The summed E-state index contributed by atoms with van der Waals surface area (Å²) in [6.07, 6.45) is -0.329. The first kappa shape index (κ1) is 16.4. The highest BCUT2D eigenvalue weighted by molar-refractivity contribution is 5.92. The van der Waals surface area contributed by atoms with Gasteiger partial charge in [-0.1, -0.05) is 6.07 Å². The van der Waals surface area contributed by atoms with Crippen molar-refractivity contribution >= 4 is 23.6 Å². The third-order valence-corrected chi connectivity index (χ3v) is 2.65. The first-order valence-corrected chi connectivity index (χ1v) is 6.14. The molecular weight excluding hydrogens is 281 g/mol. The molecule has 0 aromatic heterocycles. The lowest BCUT2D eigenvalue weighted by Crippen LogP contribution is -2.43. The number of nitrogens with two attached hydrogens (primary N) is 1. The van der Waals surface area contributed by atoms with Gasteiger partial charge in [-0.05, 0) is 31.0 Å². The second-order valence-corrected chi connectivity index (χ2v) is 4.48. The van der Waals surface area contributed by atoms with E-state index in [1.807, 2.05) is 0 Å². The molecule has 0 fully saturated rings. The van der Waals surface area contributed by atoms with Crippen LogP contribution in [0, 0.1) is 12.7 Å². The Morgan fingerprint density at radius 3 is 2.62 bits per heavy atom. The number of nitrogens with one attached hydrogen (secondary N) is 2. The van der Waals surface area contributed by atoms with Crippen molar-refractivity contribution in [3.8, 4) is 0 Å². The number of carbonyl (C=O) groups excluding carboxylic acids is 2. The molecule has 114 valence electrons. The maximum Gasteiger partial charge on any atom is 0.326 e. The number of urea groups is 1. The minimum atomic E-state index is -1.31. The molecule has 3 amide bonds. The number of carboxylic acid groups (broad SMARTS) is 1. The summed E-state index contributed by atoms with van der Waals surface area (Å²) in [4.78, 5) is 33.3. The van der Waals surface area contributed by atoms with Gasteiger partial charge in [0.15, 0.2) is 0 Å². The van der Waals surface area contributed by atoms with E-state index in [1.54, 1.807) is 6.92 Å². The van der Waals surface area contributed by atoms with E-state index in [-0.39, 0.29) is 18.5 Å². The Kier molecular flexibility index (Phi) is 5.65. The van der Waals surface area contributed by atoms with E-state index in [1.165, 1.54) is 18.2 Å². The molecule has 8 heteroatoms. The second-order valence-electron chi connectivity index (χ2n) is 4.48. The molecule has 0 aliphatic heterocycles. The van der Waals surface area contributed by atoms with Gasteiger partial charge in [0.2, 0.25) is 5.91 Å². The van der Waals surface area contributed by atoms with Gasteiger partial charge >= 0.3 is 12.0 Å². The van der Waals surface area contributed by atoms with Crippen LogP contribution in [0.4, 0.5) is 14.9 Å². The van der Waals surface area contributed by atoms with Crippen LogP contribution in [0.25, 0.3) is 0 Å². The first-order valence-electron chi connectivity index (χ1n) is 6.14.